The number of nitrogens with one attached hydrogen (secondary N) is 1. The van der Waals surface area contributed by atoms with Crippen LogP contribution >= 0.6 is 0 Å². The van der Waals surface area contributed by atoms with Gasteiger partial charge in [0.1, 0.15) is 5.76 Å². The molecule has 0 amide bonds. The normalized spacial score (nSPS) is 21.3. The number of nitrogens with zero attached hydrogens (tertiary/aromatic N) is 3. The van der Waals surface area contributed by atoms with Gasteiger partial charge >= 0.3 is 0 Å². The smallest absolute Gasteiger partial charge is 0.193 e. The van der Waals surface area contributed by atoms with Crippen molar-refractivity contribution in [3.63, 3.8) is 0 Å². The van der Waals surface area contributed by atoms with Crippen molar-refractivity contribution in [2.24, 2.45) is 10.9 Å². The van der Waals surface area contributed by atoms with Crippen molar-refractivity contribution in [2.45, 2.75) is 39.0 Å². The van der Waals surface area contributed by atoms with E-state index >= 15 is 0 Å². The molecule has 0 aliphatic carbocycles. The number of aliphatic imine (C=N–C) groups is 1. The van der Waals surface area contributed by atoms with Gasteiger partial charge in [-0.15, -0.1) is 0 Å². The van der Waals surface area contributed by atoms with Crippen LogP contribution in [-0.4, -0.2) is 74.8 Å². The van der Waals surface area contributed by atoms with Crippen LogP contribution in [0, 0.1) is 5.92 Å². The van der Waals surface area contributed by atoms with Crippen LogP contribution in [0.4, 0.5) is 0 Å². The summed E-state index contributed by atoms with van der Waals surface area (Å²) in [5, 5.41) is 3.57. The van der Waals surface area contributed by atoms with Crippen LogP contribution in [0.1, 0.15) is 38.4 Å². The Morgan fingerprint density at radius 3 is 3.00 bits per heavy atom. The van der Waals surface area contributed by atoms with Gasteiger partial charge in [0.05, 0.1) is 6.26 Å². The fourth-order valence-electron chi connectivity index (χ4n) is 4.02. The van der Waals surface area contributed by atoms with Crippen molar-refractivity contribution >= 4 is 5.96 Å². The van der Waals surface area contributed by atoms with Gasteiger partial charge in [-0.25, -0.2) is 0 Å². The lowest BCUT2D eigenvalue weighted by Crippen LogP contribution is -2.41. The van der Waals surface area contributed by atoms with Crippen molar-refractivity contribution in [3.8, 4) is 0 Å². The maximum Gasteiger partial charge on any atom is 0.193 e. The Morgan fingerprint density at radius 2 is 2.22 bits per heavy atom. The Balaban J connectivity index is 1.47. The van der Waals surface area contributed by atoms with Crippen molar-refractivity contribution < 1.29 is 9.15 Å². The third kappa shape index (κ3) is 6.85. The molecular weight excluding hydrogens is 340 g/mol. The first kappa shape index (κ1) is 20.2. The number of rotatable bonds is 10. The van der Waals surface area contributed by atoms with Gasteiger partial charge in [0, 0.05) is 52.4 Å². The average molecular weight is 377 g/mol. The molecule has 0 spiro atoms. The average Bonchev–Trinajstić information content (AvgIpc) is 3.43. The fraction of sp³-hybridized carbons (Fsp3) is 0.762. The zero-order chi connectivity index (χ0) is 18.7. The highest BCUT2D eigenvalue weighted by Gasteiger charge is 2.27. The second-order valence-electron chi connectivity index (χ2n) is 7.62. The highest BCUT2D eigenvalue weighted by atomic mass is 16.5. The number of likely N-dealkylation sites (tertiary alicyclic amines) is 2. The molecule has 6 heteroatoms. The summed E-state index contributed by atoms with van der Waals surface area (Å²) in [5.41, 5.74) is 0. The predicted molar refractivity (Wildman–Crippen MR) is 109 cm³/mol. The number of ether oxygens (including phenoxy) is 1. The second kappa shape index (κ2) is 11.3. The van der Waals surface area contributed by atoms with E-state index in [-0.39, 0.29) is 0 Å². The zero-order valence-corrected chi connectivity index (χ0v) is 16.9. The fourth-order valence-corrected chi connectivity index (χ4v) is 4.02. The van der Waals surface area contributed by atoms with E-state index in [4.69, 9.17) is 14.1 Å². The SMILES string of the molecule is CCOCCCN=C(NCCc1ccco1)N1CCC(CN2CCCC2)C1. The van der Waals surface area contributed by atoms with Crippen LogP contribution in [0.2, 0.25) is 0 Å². The lowest BCUT2D eigenvalue weighted by atomic mass is 10.1. The summed E-state index contributed by atoms with van der Waals surface area (Å²) in [6.07, 6.45) is 7.61. The van der Waals surface area contributed by atoms with Crippen molar-refractivity contribution in [1.82, 2.24) is 15.1 Å². The lowest BCUT2D eigenvalue weighted by molar-refractivity contribution is 0.146. The molecule has 1 aromatic rings. The van der Waals surface area contributed by atoms with Gasteiger partial charge < -0.3 is 24.3 Å². The lowest BCUT2D eigenvalue weighted by Gasteiger charge is -2.23. The summed E-state index contributed by atoms with van der Waals surface area (Å²) >= 11 is 0. The number of furan rings is 1. The first-order valence-corrected chi connectivity index (χ1v) is 10.7. The third-order valence-electron chi connectivity index (χ3n) is 5.45. The summed E-state index contributed by atoms with van der Waals surface area (Å²) in [4.78, 5) is 9.95. The van der Waals surface area contributed by atoms with Gasteiger partial charge in [-0.2, -0.15) is 0 Å². The van der Waals surface area contributed by atoms with Crippen LogP contribution in [0.5, 0.6) is 0 Å². The Hall–Kier alpha value is -1.53. The van der Waals surface area contributed by atoms with E-state index in [1.165, 1.54) is 38.9 Å². The highest BCUT2D eigenvalue weighted by Crippen LogP contribution is 2.20. The van der Waals surface area contributed by atoms with Gasteiger partial charge in [-0.05, 0) is 63.7 Å². The van der Waals surface area contributed by atoms with Crippen LogP contribution < -0.4 is 5.32 Å². The van der Waals surface area contributed by atoms with Gasteiger partial charge in [0.2, 0.25) is 0 Å². The molecule has 3 heterocycles. The molecule has 2 fully saturated rings. The van der Waals surface area contributed by atoms with Gasteiger partial charge in [0.25, 0.3) is 0 Å². The Bertz CT molecular complexity index is 540. The van der Waals surface area contributed by atoms with Gasteiger partial charge in [0.15, 0.2) is 5.96 Å². The van der Waals surface area contributed by atoms with Crippen LogP contribution in [0.3, 0.4) is 0 Å². The number of guanidine groups is 1. The minimum atomic E-state index is 0.767. The Labute approximate surface area is 163 Å². The molecule has 1 aromatic heterocycles. The molecule has 2 saturated heterocycles. The molecule has 2 aliphatic rings. The molecule has 0 radical (unpaired) electrons. The van der Waals surface area contributed by atoms with Crippen LogP contribution in [0.25, 0.3) is 0 Å². The van der Waals surface area contributed by atoms with Crippen molar-refractivity contribution in [3.05, 3.63) is 24.2 Å². The topological polar surface area (TPSA) is 53.2 Å². The standard InChI is InChI=1S/C21H36N4O2/c1-2-26-15-6-10-22-21(23-11-8-20-7-5-16-27-20)25-14-9-19(18-25)17-24-12-3-4-13-24/h5,7,16,19H,2-4,6,8-15,17-18H2,1H3,(H,22,23). The highest BCUT2D eigenvalue weighted by molar-refractivity contribution is 5.80. The zero-order valence-electron chi connectivity index (χ0n) is 16.9. The molecule has 2 aliphatic heterocycles. The minimum absolute atomic E-state index is 0.767. The molecule has 0 bridgehead atoms. The largest absolute Gasteiger partial charge is 0.469 e. The Kier molecular flexibility index (Phi) is 8.49. The van der Waals surface area contributed by atoms with E-state index in [0.29, 0.717) is 0 Å². The summed E-state index contributed by atoms with van der Waals surface area (Å²) in [6.45, 7) is 11.3. The van der Waals surface area contributed by atoms with Crippen LogP contribution in [-0.2, 0) is 11.2 Å². The van der Waals surface area contributed by atoms with E-state index in [1.54, 1.807) is 6.26 Å². The summed E-state index contributed by atoms with van der Waals surface area (Å²) in [5.74, 6) is 2.84. The predicted octanol–water partition coefficient (Wildman–Crippen LogP) is 2.61. The van der Waals surface area contributed by atoms with Crippen LogP contribution in [0.15, 0.2) is 27.8 Å². The molecule has 1 N–H and O–H groups in total. The molecule has 27 heavy (non-hydrogen) atoms. The molecule has 0 saturated carbocycles. The molecular formula is C21H36N4O2. The third-order valence-corrected chi connectivity index (χ3v) is 5.45. The minimum Gasteiger partial charge on any atom is -0.469 e. The van der Waals surface area contributed by atoms with Crippen molar-refractivity contribution in [1.29, 1.82) is 0 Å². The summed E-state index contributed by atoms with van der Waals surface area (Å²) < 4.78 is 10.9. The second-order valence-corrected chi connectivity index (χ2v) is 7.62. The van der Waals surface area contributed by atoms with E-state index in [1.807, 2.05) is 19.1 Å². The van der Waals surface area contributed by atoms with E-state index in [2.05, 4.69) is 15.1 Å². The Morgan fingerprint density at radius 1 is 1.33 bits per heavy atom. The van der Waals surface area contributed by atoms with E-state index in [9.17, 15) is 0 Å². The monoisotopic (exact) mass is 376 g/mol. The van der Waals surface area contributed by atoms with E-state index < -0.39 is 0 Å². The molecule has 0 aromatic carbocycles. The van der Waals surface area contributed by atoms with Gasteiger partial charge in [-0.1, -0.05) is 0 Å². The number of hydrogen-bond acceptors (Lipinski definition) is 4. The summed E-state index contributed by atoms with van der Waals surface area (Å²) in [7, 11) is 0. The molecule has 1 atom stereocenters. The quantitative estimate of drug-likeness (QED) is 0.386. The number of hydrogen-bond donors (Lipinski definition) is 1. The molecule has 1 unspecified atom stereocenters. The van der Waals surface area contributed by atoms with E-state index in [0.717, 1.165) is 69.9 Å². The summed E-state index contributed by atoms with van der Waals surface area (Å²) in [6, 6.07) is 3.98. The molecule has 152 valence electrons. The maximum atomic E-state index is 5.44. The first-order chi connectivity index (χ1) is 13.3. The van der Waals surface area contributed by atoms with Crippen molar-refractivity contribution in [2.75, 3.05) is 59.0 Å². The molecule has 6 nitrogen and oxygen atoms in total. The maximum absolute atomic E-state index is 5.44. The molecule has 3 rings (SSSR count). The first-order valence-electron chi connectivity index (χ1n) is 10.7. The van der Waals surface area contributed by atoms with Gasteiger partial charge in [-0.3, -0.25) is 4.99 Å².